The van der Waals surface area contributed by atoms with Gasteiger partial charge >= 0.3 is 0 Å². The lowest BCUT2D eigenvalue weighted by molar-refractivity contribution is 0.102. The number of morpholine rings is 1. The topological polar surface area (TPSA) is 97.8 Å². The molecule has 4 aromatic rings. The average Bonchev–Trinajstić information content (AvgIpc) is 3.52. The summed E-state index contributed by atoms with van der Waals surface area (Å²) in [7, 11) is 0. The van der Waals surface area contributed by atoms with Gasteiger partial charge in [-0.1, -0.05) is 24.3 Å². The summed E-state index contributed by atoms with van der Waals surface area (Å²) in [5, 5.41) is 7.74. The van der Waals surface area contributed by atoms with E-state index in [-0.39, 0.29) is 11.7 Å². The molecule has 1 aromatic heterocycles. The molecule has 2 saturated heterocycles. The van der Waals surface area contributed by atoms with Gasteiger partial charge in [-0.05, 0) is 43.2 Å². The summed E-state index contributed by atoms with van der Waals surface area (Å²) in [6, 6.07) is 17.3. The zero-order valence-corrected chi connectivity index (χ0v) is 21.9. The Hall–Kier alpha value is -4.28. The Morgan fingerprint density at radius 1 is 1.05 bits per heavy atom. The Morgan fingerprint density at radius 3 is 2.73 bits per heavy atom. The van der Waals surface area contributed by atoms with Crippen molar-refractivity contribution in [2.75, 3.05) is 55.0 Å². The number of hydrogen-bond acceptors (Lipinski definition) is 8. The van der Waals surface area contributed by atoms with Crippen LogP contribution in [-0.4, -0.2) is 61.4 Å². The van der Waals surface area contributed by atoms with Gasteiger partial charge in [0.1, 0.15) is 11.6 Å². The fraction of sp³-hybridized carbons (Fsp3) is 0.300. The minimum atomic E-state index is -0.461. The Balaban J connectivity index is 1.20. The van der Waals surface area contributed by atoms with Crippen LogP contribution in [0.2, 0.25) is 0 Å². The molecule has 9 nitrogen and oxygen atoms in total. The zero-order chi connectivity index (χ0) is 27.3. The second kappa shape index (κ2) is 11.8. The van der Waals surface area contributed by atoms with E-state index < -0.39 is 11.7 Å². The van der Waals surface area contributed by atoms with Crippen LogP contribution in [-0.2, 0) is 9.47 Å². The molecule has 6 rings (SSSR count). The maximum Gasteiger partial charge on any atom is 0.255 e. The fourth-order valence-electron chi connectivity index (χ4n) is 4.98. The minimum absolute atomic E-state index is 0.165. The van der Waals surface area contributed by atoms with Gasteiger partial charge in [0, 0.05) is 66.2 Å². The molecular weight excluding hydrogens is 513 g/mol. The molecule has 1 atom stereocenters. The van der Waals surface area contributed by atoms with Crippen LogP contribution >= 0.6 is 0 Å². The summed E-state index contributed by atoms with van der Waals surface area (Å²) in [6.07, 6.45) is 3.89. The first-order valence-electron chi connectivity index (χ1n) is 13.5. The van der Waals surface area contributed by atoms with E-state index in [0.717, 1.165) is 30.2 Å². The molecule has 1 unspecified atom stereocenters. The second-order valence-corrected chi connectivity index (χ2v) is 9.74. The lowest BCUT2D eigenvalue weighted by Crippen LogP contribution is -2.36. The largest absolute Gasteiger partial charge is 0.438 e. The van der Waals surface area contributed by atoms with Crippen LogP contribution in [0.1, 0.15) is 23.2 Å². The van der Waals surface area contributed by atoms with E-state index in [2.05, 4.69) is 20.6 Å². The van der Waals surface area contributed by atoms with E-state index in [0.29, 0.717) is 61.8 Å². The van der Waals surface area contributed by atoms with Crippen molar-refractivity contribution in [3.8, 4) is 11.6 Å². The minimum Gasteiger partial charge on any atom is -0.438 e. The SMILES string of the molecule is O=C(Nc1ccc(Oc2ccnc(NCC3CCCO3)n2)c2ccccc12)c1cc(F)cc(N2CCOCC2)c1. The molecule has 0 saturated carbocycles. The average molecular weight is 544 g/mol. The molecule has 0 aliphatic carbocycles. The van der Waals surface area contributed by atoms with Crippen LogP contribution in [0.15, 0.2) is 66.9 Å². The first-order chi connectivity index (χ1) is 19.6. The van der Waals surface area contributed by atoms with E-state index in [9.17, 15) is 9.18 Å². The summed E-state index contributed by atoms with van der Waals surface area (Å²) >= 11 is 0. The number of nitrogens with one attached hydrogen (secondary N) is 2. The second-order valence-electron chi connectivity index (χ2n) is 9.74. The number of halogens is 1. The number of anilines is 3. The van der Waals surface area contributed by atoms with Gasteiger partial charge in [0.15, 0.2) is 0 Å². The molecule has 2 aliphatic rings. The van der Waals surface area contributed by atoms with Gasteiger partial charge in [-0.2, -0.15) is 4.98 Å². The van der Waals surface area contributed by atoms with Gasteiger partial charge < -0.3 is 29.7 Å². The maximum atomic E-state index is 14.5. The maximum absolute atomic E-state index is 14.5. The van der Waals surface area contributed by atoms with Crippen molar-refractivity contribution >= 4 is 34.0 Å². The van der Waals surface area contributed by atoms with Crippen molar-refractivity contribution in [3.05, 3.63) is 78.2 Å². The number of carbonyl (C=O) groups excluding carboxylic acids is 1. The highest BCUT2D eigenvalue weighted by Crippen LogP contribution is 2.34. The number of benzene rings is 3. The molecular formula is C30H30FN5O4. The molecule has 2 aliphatic heterocycles. The van der Waals surface area contributed by atoms with Crippen molar-refractivity contribution in [3.63, 3.8) is 0 Å². The predicted octanol–water partition coefficient (Wildman–Crippen LogP) is 5.24. The highest BCUT2D eigenvalue weighted by atomic mass is 19.1. The van der Waals surface area contributed by atoms with Crippen LogP contribution < -0.4 is 20.3 Å². The van der Waals surface area contributed by atoms with E-state index in [1.54, 1.807) is 30.5 Å². The van der Waals surface area contributed by atoms with Crippen molar-refractivity contribution in [1.29, 1.82) is 0 Å². The van der Waals surface area contributed by atoms with Crippen molar-refractivity contribution < 1.29 is 23.4 Å². The molecule has 2 fully saturated rings. The van der Waals surface area contributed by atoms with Crippen molar-refractivity contribution in [2.24, 2.45) is 0 Å². The zero-order valence-electron chi connectivity index (χ0n) is 21.9. The number of amides is 1. The quantitative estimate of drug-likeness (QED) is 0.311. The third-order valence-electron chi connectivity index (χ3n) is 7.01. The van der Waals surface area contributed by atoms with Gasteiger partial charge in [-0.3, -0.25) is 4.79 Å². The molecule has 206 valence electrons. The molecule has 2 N–H and O–H groups in total. The van der Waals surface area contributed by atoms with Gasteiger partial charge in [-0.15, -0.1) is 0 Å². The van der Waals surface area contributed by atoms with Crippen LogP contribution in [0.4, 0.5) is 21.7 Å². The fourth-order valence-corrected chi connectivity index (χ4v) is 4.98. The van der Waals surface area contributed by atoms with Crippen LogP contribution in [0.3, 0.4) is 0 Å². The van der Waals surface area contributed by atoms with E-state index >= 15 is 0 Å². The molecule has 40 heavy (non-hydrogen) atoms. The third-order valence-corrected chi connectivity index (χ3v) is 7.01. The Bertz CT molecular complexity index is 1500. The van der Waals surface area contributed by atoms with Gasteiger partial charge in [-0.25, -0.2) is 9.37 Å². The Morgan fingerprint density at radius 2 is 1.90 bits per heavy atom. The number of nitrogens with zero attached hydrogens (tertiary/aromatic N) is 3. The van der Waals surface area contributed by atoms with Crippen molar-refractivity contribution in [1.82, 2.24) is 9.97 Å². The first-order valence-corrected chi connectivity index (χ1v) is 13.5. The monoisotopic (exact) mass is 543 g/mol. The summed E-state index contributed by atoms with van der Waals surface area (Å²) in [4.78, 5) is 24.0. The Labute approximate surface area is 231 Å². The van der Waals surface area contributed by atoms with E-state index in [1.165, 1.54) is 12.1 Å². The summed E-state index contributed by atoms with van der Waals surface area (Å²) in [6.45, 7) is 3.87. The Kier molecular flexibility index (Phi) is 7.69. The number of carbonyl (C=O) groups is 1. The van der Waals surface area contributed by atoms with Gasteiger partial charge in [0.05, 0.1) is 19.3 Å². The number of ether oxygens (including phenoxy) is 3. The number of aromatic nitrogens is 2. The molecule has 10 heteroatoms. The van der Waals surface area contributed by atoms with E-state index in [4.69, 9.17) is 14.2 Å². The summed E-state index contributed by atoms with van der Waals surface area (Å²) in [5.74, 6) is 0.579. The highest BCUT2D eigenvalue weighted by molar-refractivity contribution is 6.10. The van der Waals surface area contributed by atoms with Crippen LogP contribution in [0, 0.1) is 5.82 Å². The van der Waals surface area contributed by atoms with Gasteiger partial charge in [0.2, 0.25) is 11.8 Å². The lowest BCUT2D eigenvalue weighted by Gasteiger charge is -2.29. The van der Waals surface area contributed by atoms with Crippen LogP contribution in [0.25, 0.3) is 10.8 Å². The molecule has 0 radical (unpaired) electrons. The summed E-state index contributed by atoms with van der Waals surface area (Å²) in [5.41, 5.74) is 1.50. The molecule has 3 aromatic carbocycles. The smallest absolute Gasteiger partial charge is 0.255 e. The molecule has 0 bridgehead atoms. The third kappa shape index (κ3) is 5.98. The summed E-state index contributed by atoms with van der Waals surface area (Å²) < 4.78 is 31.7. The standard InChI is InChI=1S/C30H30FN5O4/c31-21-16-20(17-22(18-21)36-11-14-38-15-12-36)29(37)34-26-7-8-27(25-6-2-1-5-24(25)26)40-28-9-10-32-30(35-28)33-19-23-4-3-13-39-23/h1-2,5-10,16-18,23H,3-4,11-15,19H2,(H,34,37)(H,32,33,35). The highest BCUT2D eigenvalue weighted by Gasteiger charge is 2.18. The molecule has 1 amide bonds. The number of hydrogen-bond donors (Lipinski definition) is 2. The normalized spacial score (nSPS) is 17.1. The van der Waals surface area contributed by atoms with Crippen molar-refractivity contribution in [2.45, 2.75) is 18.9 Å². The first kappa shape index (κ1) is 26.0. The predicted molar refractivity (Wildman–Crippen MR) is 151 cm³/mol. The number of fused-ring (bicyclic) bond motifs is 1. The van der Waals surface area contributed by atoms with E-state index in [1.807, 2.05) is 29.2 Å². The lowest BCUT2D eigenvalue weighted by atomic mass is 10.1. The molecule has 0 spiro atoms. The van der Waals surface area contributed by atoms with Crippen LogP contribution in [0.5, 0.6) is 11.6 Å². The van der Waals surface area contributed by atoms with Gasteiger partial charge in [0.25, 0.3) is 5.91 Å². The molecule has 3 heterocycles. The number of rotatable bonds is 8.